The molecule has 0 unspecified atom stereocenters. The summed E-state index contributed by atoms with van der Waals surface area (Å²) in [6, 6.07) is 16.5. The second-order valence-corrected chi connectivity index (χ2v) is 6.69. The van der Waals surface area contributed by atoms with Gasteiger partial charge in [0.05, 0.1) is 6.04 Å². The van der Waals surface area contributed by atoms with Gasteiger partial charge in [0.2, 0.25) is 0 Å². The Hall–Kier alpha value is -2.34. The standard InChI is InChI=1S/C20H22BrNO4/c1-3-18(26-17-7-5-4-6-8-17)20(24)25-13-19(23)22-14(2)15-9-11-16(21)12-10-15/h4-12,14,18H,3,13H2,1-2H3,(H,22,23)/t14-,18-/m1/s1. The lowest BCUT2D eigenvalue weighted by molar-refractivity contribution is -0.155. The number of carbonyl (C=O) groups excluding carboxylic acids is 2. The van der Waals surface area contributed by atoms with Crippen molar-refractivity contribution in [2.45, 2.75) is 32.4 Å². The van der Waals surface area contributed by atoms with E-state index in [0.717, 1.165) is 10.0 Å². The Kier molecular flexibility index (Phi) is 7.66. The topological polar surface area (TPSA) is 64.6 Å². The summed E-state index contributed by atoms with van der Waals surface area (Å²) in [7, 11) is 0. The number of para-hydroxylation sites is 1. The highest BCUT2D eigenvalue weighted by atomic mass is 79.9. The Bertz CT molecular complexity index is 718. The summed E-state index contributed by atoms with van der Waals surface area (Å²) < 4.78 is 11.7. The number of carbonyl (C=O) groups is 2. The second kappa shape index (κ2) is 9.97. The average molecular weight is 420 g/mol. The molecule has 1 amide bonds. The first-order valence-electron chi connectivity index (χ1n) is 8.42. The minimum atomic E-state index is -0.742. The van der Waals surface area contributed by atoms with Crippen molar-refractivity contribution in [3.05, 3.63) is 64.6 Å². The fraction of sp³-hybridized carbons (Fsp3) is 0.300. The van der Waals surface area contributed by atoms with Crippen LogP contribution >= 0.6 is 15.9 Å². The molecule has 5 nitrogen and oxygen atoms in total. The summed E-state index contributed by atoms with van der Waals surface area (Å²) in [6.45, 7) is 3.36. The van der Waals surface area contributed by atoms with Crippen LogP contribution in [0.1, 0.15) is 31.9 Å². The predicted octanol–water partition coefficient (Wildman–Crippen LogP) is 4.03. The van der Waals surface area contributed by atoms with E-state index >= 15 is 0 Å². The van der Waals surface area contributed by atoms with Crippen LogP contribution in [-0.2, 0) is 14.3 Å². The molecule has 6 heteroatoms. The molecule has 0 aromatic heterocycles. The maximum Gasteiger partial charge on any atom is 0.347 e. The molecular weight excluding hydrogens is 398 g/mol. The Morgan fingerprint density at radius 1 is 1.08 bits per heavy atom. The molecule has 138 valence electrons. The van der Waals surface area contributed by atoms with Crippen molar-refractivity contribution in [2.24, 2.45) is 0 Å². The first kappa shape index (κ1) is 20.0. The SMILES string of the molecule is CC[C@@H](Oc1ccccc1)C(=O)OCC(=O)N[C@H](C)c1ccc(Br)cc1. The highest BCUT2D eigenvalue weighted by Crippen LogP contribution is 2.16. The molecule has 0 saturated heterocycles. The van der Waals surface area contributed by atoms with Gasteiger partial charge in [-0.3, -0.25) is 4.79 Å². The molecule has 0 spiro atoms. The molecule has 0 bridgehead atoms. The molecule has 2 atom stereocenters. The lowest BCUT2D eigenvalue weighted by Gasteiger charge is -2.17. The largest absolute Gasteiger partial charge is 0.479 e. The van der Waals surface area contributed by atoms with E-state index < -0.39 is 12.1 Å². The van der Waals surface area contributed by atoms with Crippen molar-refractivity contribution in [1.82, 2.24) is 5.32 Å². The molecule has 0 heterocycles. The maximum absolute atomic E-state index is 12.1. The molecule has 2 aromatic rings. The lowest BCUT2D eigenvalue weighted by Crippen LogP contribution is -2.35. The van der Waals surface area contributed by atoms with E-state index in [2.05, 4.69) is 21.2 Å². The number of hydrogen-bond donors (Lipinski definition) is 1. The normalized spacial score (nSPS) is 12.7. The van der Waals surface area contributed by atoms with Gasteiger partial charge in [-0.25, -0.2) is 4.79 Å². The van der Waals surface area contributed by atoms with Crippen LogP contribution < -0.4 is 10.1 Å². The number of esters is 1. The average Bonchev–Trinajstić information content (AvgIpc) is 2.65. The van der Waals surface area contributed by atoms with E-state index in [9.17, 15) is 9.59 Å². The molecule has 2 aromatic carbocycles. The summed E-state index contributed by atoms with van der Waals surface area (Å²) in [6.07, 6.45) is -0.293. The Labute approximate surface area is 161 Å². The predicted molar refractivity (Wildman–Crippen MR) is 103 cm³/mol. The van der Waals surface area contributed by atoms with E-state index in [1.807, 2.05) is 56.3 Å². The molecule has 0 aliphatic rings. The minimum absolute atomic E-state index is 0.183. The molecule has 1 N–H and O–H groups in total. The number of rotatable bonds is 8. The summed E-state index contributed by atoms with van der Waals surface area (Å²) in [5, 5.41) is 2.81. The van der Waals surface area contributed by atoms with E-state index in [4.69, 9.17) is 9.47 Å². The van der Waals surface area contributed by atoms with Crippen molar-refractivity contribution in [3.8, 4) is 5.75 Å². The Balaban J connectivity index is 1.81. The first-order chi connectivity index (χ1) is 12.5. The van der Waals surface area contributed by atoms with Gasteiger partial charge >= 0.3 is 5.97 Å². The molecule has 0 aliphatic heterocycles. The van der Waals surface area contributed by atoms with Crippen molar-refractivity contribution >= 4 is 27.8 Å². The van der Waals surface area contributed by atoms with Crippen LogP contribution in [0.3, 0.4) is 0 Å². The zero-order valence-electron chi connectivity index (χ0n) is 14.8. The number of benzene rings is 2. The number of hydrogen-bond acceptors (Lipinski definition) is 4. The van der Waals surface area contributed by atoms with Crippen molar-refractivity contribution in [2.75, 3.05) is 6.61 Å². The van der Waals surface area contributed by atoms with Gasteiger partial charge in [0.25, 0.3) is 5.91 Å². The lowest BCUT2D eigenvalue weighted by atomic mass is 10.1. The van der Waals surface area contributed by atoms with Gasteiger partial charge in [0.15, 0.2) is 12.7 Å². The van der Waals surface area contributed by atoms with Crippen LogP contribution in [0.25, 0.3) is 0 Å². The van der Waals surface area contributed by atoms with Gasteiger partial charge in [-0.15, -0.1) is 0 Å². The van der Waals surface area contributed by atoms with E-state index in [-0.39, 0.29) is 18.6 Å². The zero-order valence-corrected chi connectivity index (χ0v) is 16.4. The van der Waals surface area contributed by atoms with Gasteiger partial charge in [-0.1, -0.05) is 53.2 Å². The molecule has 0 aliphatic carbocycles. The third-order valence-electron chi connectivity index (χ3n) is 3.75. The van der Waals surface area contributed by atoms with Crippen LogP contribution in [0, 0.1) is 0 Å². The summed E-state index contributed by atoms with van der Waals surface area (Å²) >= 11 is 3.37. The third-order valence-corrected chi connectivity index (χ3v) is 4.28. The summed E-state index contributed by atoms with van der Waals surface area (Å²) in [4.78, 5) is 24.2. The molecule has 0 radical (unpaired) electrons. The van der Waals surface area contributed by atoms with Crippen LogP contribution in [0.2, 0.25) is 0 Å². The fourth-order valence-electron chi connectivity index (χ4n) is 2.31. The van der Waals surface area contributed by atoms with Crippen molar-refractivity contribution < 1.29 is 19.1 Å². The fourth-order valence-corrected chi connectivity index (χ4v) is 2.57. The molecule has 0 saturated carbocycles. The van der Waals surface area contributed by atoms with Gasteiger partial charge < -0.3 is 14.8 Å². The van der Waals surface area contributed by atoms with E-state index in [1.165, 1.54) is 0 Å². The molecular formula is C20H22BrNO4. The van der Waals surface area contributed by atoms with Crippen LogP contribution in [0.5, 0.6) is 5.75 Å². The van der Waals surface area contributed by atoms with Gasteiger partial charge in [0.1, 0.15) is 5.75 Å². The minimum Gasteiger partial charge on any atom is -0.479 e. The number of halogens is 1. The third kappa shape index (κ3) is 6.19. The second-order valence-electron chi connectivity index (χ2n) is 5.78. The van der Waals surface area contributed by atoms with Gasteiger partial charge in [0, 0.05) is 4.47 Å². The molecule has 26 heavy (non-hydrogen) atoms. The quantitative estimate of drug-likeness (QED) is 0.655. The summed E-state index contributed by atoms with van der Waals surface area (Å²) in [5.41, 5.74) is 0.965. The number of amides is 1. The Morgan fingerprint density at radius 3 is 2.35 bits per heavy atom. The summed E-state index contributed by atoms with van der Waals surface area (Å²) in [5.74, 6) is -0.323. The van der Waals surface area contributed by atoms with E-state index in [0.29, 0.717) is 12.2 Å². The number of ether oxygens (including phenoxy) is 2. The molecule has 0 fully saturated rings. The number of nitrogens with one attached hydrogen (secondary N) is 1. The molecule has 2 rings (SSSR count). The maximum atomic E-state index is 12.1. The van der Waals surface area contributed by atoms with Crippen LogP contribution in [0.15, 0.2) is 59.1 Å². The zero-order chi connectivity index (χ0) is 18.9. The first-order valence-corrected chi connectivity index (χ1v) is 9.22. The van der Waals surface area contributed by atoms with Crippen molar-refractivity contribution in [3.63, 3.8) is 0 Å². The van der Waals surface area contributed by atoms with Crippen LogP contribution in [-0.4, -0.2) is 24.6 Å². The smallest absolute Gasteiger partial charge is 0.347 e. The van der Waals surface area contributed by atoms with Gasteiger partial charge in [-0.2, -0.15) is 0 Å². The van der Waals surface area contributed by atoms with E-state index in [1.54, 1.807) is 12.1 Å². The Morgan fingerprint density at radius 2 is 1.73 bits per heavy atom. The highest BCUT2D eigenvalue weighted by molar-refractivity contribution is 9.10. The monoisotopic (exact) mass is 419 g/mol. The van der Waals surface area contributed by atoms with Crippen LogP contribution in [0.4, 0.5) is 0 Å². The highest BCUT2D eigenvalue weighted by Gasteiger charge is 2.21. The van der Waals surface area contributed by atoms with Crippen molar-refractivity contribution in [1.29, 1.82) is 0 Å². The van der Waals surface area contributed by atoms with Gasteiger partial charge in [-0.05, 0) is 43.2 Å².